The molecule has 2 aliphatic heterocycles. The maximum Gasteiger partial charge on any atom is 0.136 e. The maximum atomic E-state index is 8.18. The number of nitrogens with zero attached hydrogens (tertiary/aromatic N) is 1. The SMILES string of the molecule is C=C(C)CNc1nc(C2=CC(C)(C)NC(C)(C)C2)cc(CC2=C(C)C=C(C)NC2=C)c1C=N. The van der Waals surface area contributed by atoms with Crippen molar-refractivity contribution < 1.29 is 0 Å². The van der Waals surface area contributed by atoms with Gasteiger partial charge in [-0.2, -0.15) is 0 Å². The number of anilines is 1. The van der Waals surface area contributed by atoms with Gasteiger partial charge >= 0.3 is 0 Å². The standard InChI is InChI=1S/C28H39N5/c1-17(2)16-30-26-24(15-29)21(11-23-18(3)10-19(4)31-20(23)5)12-25(32-26)22-13-27(6,7)33-28(8,9)14-22/h10,12-13,15,29,31,33H,1,5,11,14,16H2,2-4,6-9H3,(H,30,32). The van der Waals surface area contributed by atoms with Crippen LogP contribution >= 0.6 is 0 Å². The molecule has 1 aromatic heterocycles. The number of rotatable bonds is 7. The first-order valence-corrected chi connectivity index (χ1v) is 11.6. The molecule has 0 radical (unpaired) electrons. The summed E-state index contributed by atoms with van der Waals surface area (Å²) in [6.45, 7) is 23.9. The first-order valence-electron chi connectivity index (χ1n) is 11.6. The van der Waals surface area contributed by atoms with E-state index in [1.54, 1.807) is 0 Å². The highest BCUT2D eigenvalue weighted by Gasteiger charge is 2.33. The Morgan fingerprint density at radius 2 is 1.97 bits per heavy atom. The third-order valence-electron chi connectivity index (χ3n) is 5.99. The van der Waals surface area contributed by atoms with Crippen molar-refractivity contribution in [2.75, 3.05) is 11.9 Å². The van der Waals surface area contributed by atoms with Crippen LogP contribution in [0.5, 0.6) is 0 Å². The molecule has 5 heteroatoms. The Hall–Kier alpha value is -2.92. The molecule has 0 saturated heterocycles. The summed E-state index contributed by atoms with van der Waals surface area (Å²) in [5, 5.41) is 18.7. The summed E-state index contributed by atoms with van der Waals surface area (Å²) in [7, 11) is 0. The van der Waals surface area contributed by atoms with Crippen molar-refractivity contribution in [3.05, 3.63) is 76.3 Å². The average Bonchev–Trinajstić information content (AvgIpc) is 2.66. The van der Waals surface area contributed by atoms with Crippen molar-refractivity contribution in [2.24, 2.45) is 0 Å². The van der Waals surface area contributed by atoms with Crippen LogP contribution in [0.2, 0.25) is 0 Å². The summed E-state index contributed by atoms with van der Waals surface area (Å²) in [6.07, 6.45) is 7.41. The fraction of sp³-hybridized carbons (Fsp3) is 0.429. The lowest BCUT2D eigenvalue weighted by Crippen LogP contribution is -2.53. The van der Waals surface area contributed by atoms with Gasteiger partial charge in [-0.05, 0) is 89.3 Å². The Morgan fingerprint density at radius 1 is 1.27 bits per heavy atom. The molecule has 0 unspecified atom stereocenters. The van der Waals surface area contributed by atoms with E-state index >= 15 is 0 Å². The van der Waals surface area contributed by atoms with Crippen molar-refractivity contribution in [1.29, 1.82) is 5.41 Å². The second-order valence-electron chi connectivity index (χ2n) is 10.7. The normalized spacial score (nSPS) is 19.4. The molecule has 0 saturated carbocycles. The van der Waals surface area contributed by atoms with Gasteiger partial charge < -0.3 is 21.4 Å². The van der Waals surface area contributed by atoms with Gasteiger partial charge in [0.05, 0.1) is 5.69 Å². The van der Waals surface area contributed by atoms with E-state index in [4.69, 9.17) is 10.4 Å². The van der Waals surface area contributed by atoms with Crippen LogP contribution in [0.4, 0.5) is 5.82 Å². The van der Waals surface area contributed by atoms with Crippen LogP contribution in [0.1, 0.15) is 71.7 Å². The molecule has 5 nitrogen and oxygen atoms in total. The largest absolute Gasteiger partial charge is 0.366 e. The smallest absolute Gasteiger partial charge is 0.136 e. The number of hydrogen-bond acceptors (Lipinski definition) is 5. The molecule has 33 heavy (non-hydrogen) atoms. The Kier molecular flexibility index (Phi) is 6.85. The van der Waals surface area contributed by atoms with Crippen LogP contribution in [-0.2, 0) is 6.42 Å². The van der Waals surface area contributed by atoms with Gasteiger partial charge in [0.2, 0.25) is 0 Å². The molecule has 0 fully saturated rings. The maximum absolute atomic E-state index is 8.18. The van der Waals surface area contributed by atoms with Crippen LogP contribution in [0.25, 0.3) is 5.57 Å². The molecule has 3 heterocycles. The van der Waals surface area contributed by atoms with E-state index in [9.17, 15) is 0 Å². The van der Waals surface area contributed by atoms with Crippen molar-refractivity contribution in [3.63, 3.8) is 0 Å². The molecule has 3 rings (SSSR count). The summed E-state index contributed by atoms with van der Waals surface area (Å²) in [5.41, 5.74) is 9.29. The van der Waals surface area contributed by atoms with E-state index in [1.165, 1.54) is 17.4 Å². The lowest BCUT2D eigenvalue weighted by atomic mass is 9.82. The monoisotopic (exact) mass is 445 g/mol. The van der Waals surface area contributed by atoms with Crippen molar-refractivity contribution in [3.8, 4) is 0 Å². The second kappa shape index (κ2) is 9.14. The lowest BCUT2D eigenvalue weighted by molar-refractivity contribution is 0.297. The molecule has 2 aliphatic rings. The minimum atomic E-state index is -0.131. The van der Waals surface area contributed by atoms with Gasteiger partial charge in [-0.25, -0.2) is 4.98 Å². The van der Waals surface area contributed by atoms with Crippen LogP contribution in [0.3, 0.4) is 0 Å². The van der Waals surface area contributed by atoms with E-state index in [2.05, 4.69) is 81.9 Å². The van der Waals surface area contributed by atoms with Crippen LogP contribution in [0, 0.1) is 5.41 Å². The lowest BCUT2D eigenvalue weighted by Gasteiger charge is -2.41. The topological polar surface area (TPSA) is 72.8 Å². The van der Waals surface area contributed by atoms with Gasteiger partial charge in [0.25, 0.3) is 0 Å². The van der Waals surface area contributed by atoms with Gasteiger partial charge in [0.15, 0.2) is 0 Å². The van der Waals surface area contributed by atoms with Gasteiger partial charge in [-0.3, -0.25) is 0 Å². The van der Waals surface area contributed by atoms with E-state index < -0.39 is 0 Å². The summed E-state index contributed by atoms with van der Waals surface area (Å²) in [4.78, 5) is 5.01. The molecule has 0 bridgehead atoms. The summed E-state index contributed by atoms with van der Waals surface area (Å²) >= 11 is 0. The molecule has 176 valence electrons. The fourth-order valence-electron chi connectivity index (χ4n) is 4.96. The molecular weight excluding hydrogens is 406 g/mol. The van der Waals surface area contributed by atoms with Crippen molar-refractivity contribution in [2.45, 2.75) is 72.4 Å². The summed E-state index contributed by atoms with van der Waals surface area (Å²) < 4.78 is 0. The number of dihydropyridines is 1. The van der Waals surface area contributed by atoms with Gasteiger partial charge in [0.1, 0.15) is 5.82 Å². The molecular formula is C28H39N5. The summed E-state index contributed by atoms with van der Waals surface area (Å²) in [5.74, 6) is 0.731. The molecule has 0 aromatic carbocycles. The molecule has 4 N–H and O–H groups in total. The molecule has 0 aliphatic carbocycles. The Balaban J connectivity index is 2.16. The van der Waals surface area contributed by atoms with E-state index in [1.807, 2.05) is 13.8 Å². The Labute approximate surface area is 199 Å². The second-order valence-corrected chi connectivity index (χ2v) is 10.7. The predicted molar refractivity (Wildman–Crippen MR) is 142 cm³/mol. The van der Waals surface area contributed by atoms with Crippen molar-refractivity contribution in [1.82, 2.24) is 15.6 Å². The quantitative estimate of drug-likeness (QED) is 0.312. The molecule has 0 amide bonds. The highest BCUT2D eigenvalue weighted by atomic mass is 15.0. The number of aromatic nitrogens is 1. The highest BCUT2D eigenvalue weighted by Crippen LogP contribution is 2.35. The van der Waals surface area contributed by atoms with Crippen LogP contribution in [0.15, 0.2) is 59.5 Å². The van der Waals surface area contributed by atoms with Gasteiger partial charge in [-0.15, -0.1) is 0 Å². The zero-order valence-electron chi connectivity index (χ0n) is 21.3. The third kappa shape index (κ3) is 5.91. The fourth-order valence-corrected chi connectivity index (χ4v) is 4.96. The zero-order chi connectivity index (χ0) is 24.6. The van der Waals surface area contributed by atoms with Gasteiger partial charge in [0, 0.05) is 47.2 Å². The number of allylic oxidation sites excluding steroid dienone is 4. The Bertz CT molecular complexity index is 1100. The van der Waals surface area contributed by atoms with Crippen molar-refractivity contribution >= 4 is 17.6 Å². The van der Waals surface area contributed by atoms with E-state index in [0.29, 0.717) is 13.0 Å². The number of pyridine rings is 1. The average molecular weight is 446 g/mol. The molecule has 1 aromatic rings. The highest BCUT2D eigenvalue weighted by molar-refractivity contribution is 5.88. The minimum Gasteiger partial charge on any atom is -0.366 e. The molecule has 0 atom stereocenters. The van der Waals surface area contributed by atoms with E-state index in [-0.39, 0.29) is 11.1 Å². The predicted octanol–water partition coefficient (Wildman–Crippen LogP) is 5.88. The zero-order valence-corrected chi connectivity index (χ0v) is 21.3. The third-order valence-corrected chi connectivity index (χ3v) is 5.99. The summed E-state index contributed by atoms with van der Waals surface area (Å²) in [6, 6.07) is 2.16. The minimum absolute atomic E-state index is 0.0377. The number of nitrogens with one attached hydrogen (secondary N) is 4. The van der Waals surface area contributed by atoms with E-state index in [0.717, 1.165) is 51.6 Å². The molecule has 0 spiro atoms. The number of hydrogen-bond donors (Lipinski definition) is 4. The van der Waals surface area contributed by atoms with Gasteiger partial charge in [-0.1, -0.05) is 24.8 Å². The van der Waals surface area contributed by atoms with Crippen LogP contribution < -0.4 is 16.0 Å². The first kappa shape index (κ1) is 24.7. The Morgan fingerprint density at radius 3 is 2.55 bits per heavy atom. The first-order chi connectivity index (χ1) is 15.3. The van der Waals surface area contributed by atoms with Crippen LogP contribution in [-0.4, -0.2) is 28.8 Å².